The smallest absolute Gasteiger partial charge is 0.141 e. The number of hydrogen-bond donors (Lipinski definition) is 1. The Morgan fingerprint density at radius 1 is 1.44 bits per heavy atom. The minimum Gasteiger partial charge on any atom is -0.330 e. The number of hydrogen-bond acceptors (Lipinski definition) is 2. The van der Waals surface area contributed by atoms with E-state index in [2.05, 4.69) is 4.98 Å². The average Bonchev–Trinajstić information content (AvgIpc) is 2.71. The maximum absolute atomic E-state index is 13.0. The molecule has 0 aliphatic carbocycles. The fraction of sp³-hybridized carbons (Fsp3) is 0.182. The van der Waals surface area contributed by atoms with Crippen molar-refractivity contribution in [3.8, 4) is 5.69 Å². The van der Waals surface area contributed by atoms with Gasteiger partial charge in [-0.1, -0.05) is 11.6 Å². The van der Waals surface area contributed by atoms with Crippen molar-refractivity contribution >= 4 is 11.6 Å². The quantitative estimate of drug-likeness (QED) is 0.892. The largest absolute Gasteiger partial charge is 0.330 e. The normalized spacial score (nSPS) is 10.7. The van der Waals surface area contributed by atoms with Crippen LogP contribution in [0, 0.1) is 5.82 Å². The van der Waals surface area contributed by atoms with Crippen LogP contribution in [0.2, 0.25) is 5.02 Å². The molecule has 84 valence electrons. The third kappa shape index (κ3) is 2.08. The van der Waals surface area contributed by atoms with Crippen molar-refractivity contribution in [2.75, 3.05) is 6.54 Å². The number of nitrogens with two attached hydrogens (primary N) is 1. The molecule has 0 bridgehead atoms. The summed E-state index contributed by atoms with van der Waals surface area (Å²) in [5.74, 6) is -0.425. The Bertz CT molecular complexity index is 496. The Balaban J connectivity index is 2.42. The van der Waals surface area contributed by atoms with Crippen LogP contribution in [0.4, 0.5) is 4.39 Å². The zero-order chi connectivity index (χ0) is 11.5. The summed E-state index contributed by atoms with van der Waals surface area (Å²) in [5.41, 5.74) is 7.26. The van der Waals surface area contributed by atoms with Gasteiger partial charge in [-0.2, -0.15) is 0 Å². The van der Waals surface area contributed by atoms with E-state index in [0.29, 0.717) is 6.54 Å². The summed E-state index contributed by atoms with van der Waals surface area (Å²) in [5, 5.41) is 0.102. The van der Waals surface area contributed by atoms with Crippen LogP contribution in [0.1, 0.15) is 5.69 Å². The van der Waals surface area contributed by atoms with Crippen molar-refractivity contribution in [2.45, 2.75) is 6.42 Å². The lowest BCUT2D eigenvalue weighted by atomic mass is 10.2. The molecule has 0 radical (unpaired) electrons. The summed E-state index contributed by atoms with van der Waals surface area (Å²) in [6, 6.07) is 4.56. The van der Waals surface area contributed by atoms with Gasteiger partial charge in [-0.3, -0.25) is 0 Å². The van der Waals surface area contributed by atoms with Gasteiger partial charge in [0.2, 0.25) is 0 Å². The highest BCUT2D eigenvalue weighted by Crippen LogP contribution is 2.20. The standard InChI is InChI=1S/C11H11ClFN3/c12-10-5-8(1-2-11(10)13)16-7-15-6-9(16)3-4-14/h1-2,5-7H,3-4,14H2. The van der Waals surface area contributed by atoms with E-state index in [9.17, 15) is 4.39 Å². The summed E-state index contributed by atoms with van der Waals surface area (Å²) >= 11 is 5.73. The van der Waals surface area contributed by atoms with Gasteiger partial charge in [-0.15, -0.1) is 0 Å². The summed E-state index contributed by atoms with van der Waals surface area (Å²) in [4.78, 5) is 4.04. The molecular weight excluding hydrogens is 229 g/mol. The molecule has 1 heterocycles. The maximum atomic E-state index is 13.0. The van der Waals surface area contributed by atoms with E-state index < -0.39 is 5.82 Å². The molecule has 0 saturated heterocycles. The van der Waals surface area contributed by atoms with Crippen LogP contribution in [0.15, 0.2) is 30.7 Å². The van der Waals surface area contributed by atoms with E-state index in [0.717, 1.165) is 17.8 Å². The minimum absolute atomic E-state index is 0.102. The first-order valence-electron chi connectivity index (χ1n) is 4.89. The molecule has 0 unspecified atom stereocenters. The van der Waals surface area contributed by atoms with Crippen molar-refractivity contribution in [3.63, 3.8) is 0 Å². The molecule has 16 heavy (non-hydrogen) atoms. The number of rotatable bonds is 3. The highest BCUT2D eigenvalue weighted by Gasteiger charge is 2.06. The lowest BCUT2D eigenvalue weighted by Crippen LogP contribution is -2.07. The predicted octanol–water partition coefficient (Wildman–Crippen LogP) is 2.17. The molecule has 2 N–H and O–H groups in total. The molecule has 2 rings (SSSR count). The first-order valence-corrected chi connectivity index (χ1v) is 5.27. The van der Waals surface area contributed by atoms with Crippen molar-refractivity contribution < 1.29 is 4.39 Å². The molecule has 5 heteroatoms. The predicted molar refractivity (Wildman–Crippen MR) is 61.3 cm³/mol. The topological polar surface area (TPSA) is 43.8 Å². The van der Waals surface area contributed by atoms with Crippen molar-refractivity contribution in [1.29, 1.82) is 0 Å². The second-order valence-corrected chi connectivity index (χ2v) is 3.80. The monoisotopic (exact) mass is 239 g/mol. The number of aromatic nitrogens is 2. The van der Waals surface area contributed by atoms with E-state index >= 15 is 0 Å². The fourth-order valence-corrected chi connectivity index (χ4v) is 1.70. The van der Waals surface area contributed by atoms with Gasteiger partial charge in [0.05, 0.1) is 11.3 Å². The highest BCUT2D eigenvalue weighted by molar-refractivity contribution is 6.30. The van der Waals surface area contributed by atoms with E-state index in [1.807, 2.05) is 4.57 Å². The van der Waals surface area contributed by atoms with E-state index in [4.69, 9.17) is 17.3 Å². The molecule has 0 aliphatic heterocycles. The maximum Gasteiger partial charge on any atom is 0.141 e. The second-order valence-electron chi connectivity index (χ2n) is 3.39. The Kier molecular flexibility index (Phi) is 3.22. The number of benzene rings is 1. The van der Waals surface area contributed by atoms with Gasteiger partial charge in [0, 0.05) is 24.0 Å². The zero-order valence-corrected chi connectivity index (χ0v) is 9.28. The van der Waals surface area contributed by atoms with Crippen molar-refractivity contribution in [1.82, 2.24) is 9.55 Å². The van der Waals surface area contributed by atoms with Gasteiger partial charge < -0.3 is 10.3 Å². The fourth-order valence-electron chi connectivity index (χ4n) is 1.52. The van der Waals surface area contributed by atoms with Crippen LogP contribution < -0.4 is 5.73 Å². The van der Waals surface area contributed by atoms with Gasteiger partial charge in [-0.25, -0.2) is 9.37 Å². The van der Waals surface area contributed by atoms with Gasteiger partial charge in [0.1, 0.15) is 5.82 Å². The Morgan fingerprint density at radius 2 is 2.25 bits per heavy atom. The van der Waals surface area contributed by atoms with Crippen LogP contribution in [-0.2, 0) is 6.42 Å². The molecule has 2 aromatic rings. The Morgan fingerprint density at radius 3 is 2.94 bits per heavy atom. The molecule has 0 fully saturated rings. The molecule has 3 nitrogen and oxygen atoms in total. The molecule has 0 saturated carbocycles. The molecule has 0 atom stereocenters. The zero-order valence-electron chi connectivity index (χ0n) is 8.53. The van der Waals surface area contributed by atoms with Crippen molar-refractivity contribution in [2.24, 2.45) is 5.73 Å². The molecular formula is C11H11ClFN3. The van der Waals surface area contributed by atoms with Crippen LogP contribution >= 0.6 is 11.6 Å². The van der Waals surface area contributed by atoms with Gasteiger partial charge >= 0.3 is 0 Å². The third-order valence-electron chi connectivity index (χ3n) is 2.30. The Labute approximate surface area is 97.7 Å². The number of imidazole rings is 1. The molecule has 0 spiro atoms. The average molecular weight is 240 g/mol. The lowest BCUT2D eigenvalue weighted by Gasteiger charge is -2.07. The van der Waals surface area contributed by atoms with Gasteiger partial charge in [-0.05, 0) is 24.7 Å². The SMILES string of the molecule is NCCc1cncn1-c1ccc(F)c(Cl)c1. The Hall–Kier alpha value is -1.39. The summed E-state index contributed by atoms with van der Waals surface area (Å²) in [7, 11) is 0. The van der Waals surface area contributed by atoms with Crippen LogP contribution in [0.5, 0.6) is 0 Å². The van der Waals surface area contributed by atoms with Gasteiger partial charge in [0.25, 0.3) is 0 Å². The van der Waals surface area contributed by atoms with E-state index in [1.165, 1.54) is 6.07 Å². The highest BCUT2D eigenvalue weighted by atomic mass is 35.5. The molecule has 1 aromatic heterocycles. The first-order chi connectivity index (χ1) is 7.72. The lowest BCUT2D eigenvalue weighted by molar-refractivity contribution is 0.627. The number of halogens is 2. The second kappa shape index (κ2) is 4.63. The molecule has 0 aliphatic rings. The van der Waals surface area contributed by atoms with Crippen LogP contribution in [0.25, 0.3) is 5.69 Å². The molecule has 1 aromatic carbocycles. The third-order valence-corrected chi connectivity index (χ3v) is 2.59. The van der Waals surface area contributed by atoms with Crippen molar-refractivity contribution in [3.05, 3.63) is 47.3 Å². The number of nitrogens with zero attached hydrogens (tertiary/aromatic N) is 2. The summed E-state index contributed by atoms with van der Waals surface area (Å²) in [6.45, 7) is 0.542. The first kappa shape index (κ1) is 11.1. The van der Waals surface area contributed by atoms with E-state index in [-0.39, 0.29) is 5.02 Å². The summed E-state index contributed by atoms with van der Waals surface area (Å²) < 4.78 is 14.9. The van der Waals surface area contributed by atoms with Gasteiger partial charge in [0.15, 0.2) is 0 Å². The van der Waals surface area contributed by atoms with Crippen LogP contribution in [-0.4, -0.2) is 16.1 Å². The van der Waals surface area contributed by atoms with Crippen LogP contribution in [0.3, 0.4) is 0 Å². The summed E-state index contributed by atoms with van der Waals surface area (Å²) in [6.07, 6.45) is 4.12. The molecule has 0 amide bonds. The van der Waals surface area contributed by atoms with E-state index in [1.54, 1.807) is 24.7 Å². The minimum atomic E-state index is -0.425.